The zero-order valence-electron chi connectivity index (χ0n) is 13.1. The van der Waals surface area contributed by atoms with E-state index in [1.807, 2.05) is 6.92 Å². The first-order valence-corrected chi connectivity index (χ1v) is 7.88. The van der Waals surface area contributed by atoms with Gasteiger partial charge in [0.1, 0.15) is 5.75 Å². The number of nitrogens with zero attached hydrogens (tertiary/aromatic N) is 1. The lowest BCUT2D eigenvalue weighted by atomic mass is 10.0. The van der Waals surface area contributed by atoms with Gasteiger partial charge in [-0.3, -0.25) is 4.90 Å². The van der Waals surface area contributed by atoms with Crippen molar-refractivity contribution in [2.45, 2.75) is 45.2 Å². The molecule has 1 N–H and O–H groups in total. The second-order valence-electron chi connectivity index (χ2n) is 5.65. The van der Waals surface area contributed by atoms with Crippen LogP contribution in [0.1, 0.15) is 44.7 Å². The van der Waals surface area contributed by atoms with Crippen LogP contribution < -0.4 is 10.1 Å². The van der Waals surface area contributed by atoms with Gasteiger partial charge in [-0.15, -0.1) is 0 Å². The van der Waals surface area contributed by atoms with E-state index in [1.165, 1.54) is 24.8 Å². The van der Waals surface area contributed by atoms with Gasteiger partial charge in [0, 0.05) is 17.6 Å². The van der Waals surface area contributed by atoms with Crippen molar-refractivity contribution in [1.82, 2.24) is 10.2 Å². The highest BCUT2D eigenvalue weighted by atomic mass is 16.5. The zero-order chi connectivity index (χ0) is 14.4. The minimum absolute atomic E-state index is 0.390. The van der Waals surface area contributed by atoms with Crippen molar-refractivity contribution < 1.29 is 4.74 Å². The first-order chi connectivity index (χ1) is 9.74. The van der Waals surface area contributed by atoms with Crippen molar-refractivity contribution in [2.24, 2.45) is 0 Å². The Labute approximate surface area is 123 Å². The second-order valence-corrected chi connectivity index (χ2v) is 5.65. The summed E-state index contributed by atoms with van der Waals surface area (Å²) in [6, 6.07) is 9.49. The molecule has 20 heavy (non-hydrogen) atoms. The number of ether oxygens (including phenoxy) is 1. The second kappa shape index (κ2) is 7.65. The number of hydrogen-bond acceptors (Lipinski definition) is 3. The lowest BCUT2D eigenvalue weighted by molar-refractivity contribution is 0.167. The van der Waals surface area contributed by atoms with E-state index in [0.29, 0.717) is 12.1 Å². The largest absolute Gasteiger partial charge is 0.494 e. The summed E-state index contributed by atoms with van der Waals surface area (Å²) in [6.45, 7) is 7.35. The van der Waals surface area contributed by atoms with E-state index >= 15 is 0 Å². The highest BCUT2D eigenvalue weighted by molar-refractivity contribution is 5.35. The highest BCUT2D eigenvalue weighted by Gasteiger charge is 2.23. The molecule has 1 aliphatic heterocycles. The maximum absolute atomic E-state index is 5.78. The van der Waals surface area contributed by atoms with Crippen LogP contribution >= 0.6 is 0 Å². The quantitative estimate of drug-likeness (QED) is 0.893. The summed E-state index contributed by atoms with van der Waals surface area (Å²) in [4.78, 5) is 2.52. The van der Waals surface area contributed by atoms with Crippen LogP contribution in [0, 0.1) is 0 Å². The fourth-order valence-electron chi connectivity index (χ4n) is 3.06. The lowest BCUT2D eigenvalue weighted by Gasteiger charge is -2.33. The third kappa shape index (κ3) is 3.74. The molecule has 0 aromatic heterocycles. The Balaban J connectivity index is 2.10. The maximum Gasteiger partial charge on any atom is 0.124 e. The summed E-state index contributed by atoms with van der Waals surface area (Å²) < 4.78 is 5.78. The Kier molecular flexibility index (Phi) is 5.86. The van der Waals surface area contributed by atoms with E-state index in [1.54, 1.807) is 0 Å². The van der Waals surface area contributed by atoms with Crippen LogP contribution in [0.2, 0.25) is 0 Å². The Morgan fingerprint density at radius 1 is 1.30 bits per heavy atom. The van der Waals surface area contributed by atoms with E-state index in [2.05, 4.69) is 48.5 Å². The molecule has 1 saturated heterocycles. The van der Waals surface area contributed by atoms with Crippen LogP contribution in [0.4, 0.5) is 0 Å². The average molecular weight is 276 g/mol. The Morgan fingerprint density at radius 2 is 2.10 bits per heavy atom. The van der Waals surface area contributed by atoms with Gasteiger partial charge in [0.15, 0.2) is 0 Å². The molecule has 0 spiro atoms. The van der Waals surface area contributed by atoms with Gasteiger partial charge >= 0.3 is 0 Å². The van der Waals surface area contributed by atoms with Gasteiger partial charge in [0.2, 0.25) is 0 Å². The van der Waals surface area contributed by atoms with Gasteiger partial charge in [-0.1, -0.05) is 18.2 Å². The molecule has 3 heteroatoms. The van der Waals surface area contributed by atoms with Gasteiger partial charge in [-0.2, -0.15) is 0 Å². The number of benzene rings is 1. The molecule has 2 atom stereocenters. The minimum atomic E-state index is 0.390. The van der Waals surface area contributed by atoms with Gasteiger partial charge in [-0.05, 0) is 59.3 Å². The lowest BCUT2D eigenvalue weighted by Crippen LogP contribution is -2.34. The molecule has 0 amide bonds. The third-order valence-electron chi connectivity index (χ3n) is 4.40. The molecular weight excluding hydrogens is 248 g/mol. The van der Waals surface area contributed by atoms with Gasteiger partial charge in [0.25, 0.3) is 0 Å². The monoisotopic (exact) mass is 276 g/mol. The summed E-state index contributed by atoms with van der Waals surface area (Å²) in [5.41, 5.74) is 1.30. The molecule has 2 unspecified atom stereocenters. The van der Waals surface area contributed by atoms with E-state index in [-0.39, 0.29) is 0 Å². The van der Waals surface area contributed by atoms with Crippen molar-refractivity contribution in [1.29, 1.82) is 0 Å². The summed E-state index contributed by atoms with van der Waals surface area (Å²) in [5.74, 6) is 1.03. The standard InChI is InChI=1S/C17H28N2O/c1-4-20-17-10-6-5-9-16(17)14(2)19(3)15-8-7-12-18-13-11-15/h5-6,9-10,14-15,18H,4,7-8,11-13H2,1-3H3. The number of hydrogen-bond donors (Lipinski definition) is 1. The smallest absolute Gasteiger partial charge is 0.124 e. The van der Waals surface area contributed by atoms with Crippen LogP contribution in [-0.2, 0) is 0 Å². The Bertz CT molecular complexity index is 400. The molecule has 0 radical (unpaired) electrons. The summed E-state index contributed by atoms with van der Waals surface area (Å²) in [6.07, 6.45) is 3.79. The molecule has 0 saturated carbocycles. The van der Waals surface area contributed by atoms with Crippen LogP contribution in [0.15, 0.2) is 24.3 Å². The molecule has 0 bridgehead atoms. The normalized spacial score (nSPS) is 21.5. The molecule has 1 fully saturated rings. The molecule has 0 aliphatic carbocycles. The van der Waals surface area contributed by atoms with Crippen molar-refractivity contribution in [3.8, 4) is 5.75 Å². The topological polar surface area (TPSA) is 24.5 Å². The summed E-state index contributed by atoms with van der Waals surface area (Å²) in [5, 5.41) is 3.49. The first-order valence-electron chi connectivity index (χ1n) is 7.88. The van der Waals surface area contributed by atoms with E-state index < -0.39 is 0 Å². The van der Waals surface area contributed by atoms with Crippen LogP contribution in [0.3, 0.4) is 0 Å². The van der Waals surface area contributed by atoms with E-state index in [0.717, 1.165) is 25.4 Å². The molecule has 1 aliphatic rings. The predicted molar refractivity (Wildman–Crippen MR) is 84.3 cm³/mol. The maximum atomic E-state index is 5.78. The molecular formula is C17H28N2O. The van der Waals surface area contributed by atoms with Crippen molar-refractivity contribution in [3.05, 3.63) is 29.8 Å². The zero-order valence-corrected chi connectivity index (χ0v) is 13.1. The van der Waals surface area contributed by atoms with E-state index in [9.17, 15) is 0 Å². The van der Waals surface area contributed by atoms with Gasteiger partial charge < -0.3 is 10.1 Å². The number of rotatable bonds is 5. The molecule has 3 nitrogen and oxygen atoms in total. The molecule has 1 aromatic carbocycles. The Hall–Kier alpha value is -1.06. The third-order valence-corrected chi connectivity index (χ3v) is 4.40. The van der Waals surface area contributed by atoms with Crippen molar-refractivity contribution >= 4 is 0 Å². The fraction of sp³-hybridized carbons (Fsp3) is 0.647. The Morgan fingerprint density at radius 3 is 2.90 bits per heavy atom. The SMILES string of the molecule is CCOc1ccccc1C(C)N(C)C1CCCNCC1. The van der Waals surface area contributed by atoms with Crippen LogP contribution in [-0.4, -0.2) is 37.7 Å². The summed E-state index contributed by atoms with van der Waals surface area (Å²) >= 11 is 0. The fourth-order valence-corrected chi connectivity index (χ4v) is 3.06. The average Bonchev–Trinajstić information content (AvgIpc) is 2.76. The van der Waals surface area contributed by atoms with Crippen molar-refractivity contribution in [3.63, 3.8) is 0 Å². The van der Waals surface area contributed by atoms with E-state index in [4.69, 9.17) is 4.74 Å². The minimum Gasteiger partial charge on any atom is -0.494 e. The van der Waals surface area contributed by atoms with Gasteiger partial charge in [0.05, 0.1) is 6.61 Å². The molecule has 1 heterocycles. The number of nitrogens with one attached hydrogen (secondary N) is 1. The van der Waals surface area contributed by atoms with Crippen LogP contribution in [0.5, 0.6) is 5.75 Å². The molecule has 112 valence electrons. The van der Waals surface area contributed by atoms with Gasteiger partial charge in [-0.25, -0.2) is 0 Å². The summed E-state index contributed by atoms with van der Waals surface area (Å²) in [7, 11) is 2.25. The van der Waals surface area contributed by atoms with Crippen molar-refractivity contribution in [2.75, 3.05) is 26.7 Å². The number of para-hydroxylation sites is 1. The first kappa shape index (κ1) is 15.3. The predicted octanol–water partition coefficient (Wildman–Crippen LogP) is 3.22. The van der Waals surface area contributed by atoms with Crippen LogP contribution in [0.25, 0.3) is 0 Å². The molecule has 2 rings (SSSR count). The highest BCUT2D eigenvalue weighted by Crippen LogP contribution is 2.31. The molecule has 1 aromatic rings.